The predicted octanol–water partition coefficient (Wildman–Crippen LogP) is 5.28. The monoisotopic (exact) mass is 459 g/mol. The number of ether oxygens (including phenoxy) is 2. The Bertz CT molecular complexity index is 1000. The molecule has 0 atom stereocenters. The molecule has 8 heteroatoms. The molecule has 1 N–H and O–H groups in total. The van der Waals surface area contributed by atoms with Gasteiger partial charge in [-0.3, -0.25) is 5.43 Å². The summed E-state index contributed by atoms with van der Waals surface area (Å²) in [7, 11) is 0. The molecule has 1 heterocycles. The molecule has 144 valence electrons. The van der Waals surface area contributed by atoms with Gasteiger partial charge in [0.05, 0.1) is 24.1 Å². The molecule has 0 spiro atoms. The van der Waals surface area contributed by atoms with E-state index in [1.165, 1.54) is 11.3 Å². The van der Waals surface area contributed by atoms with Gasteiger partial charge in [0.25, 0.3) is 0 Å². The number of rotatable bonds is 7. The number of benzene rings is 2. The Labute approximate surface area is 175 Å². The zero-order valence-corrected chi connectivity index (χ0v) is 17.7. The van der Waals surface area contributed by atoms with E-state index >= 15 is 0 Å². The molecule has 0 saturated carbocycles. The van der Waals surface area contributed by atoms with Crippen LogP contribution in [-0.2, 0) is 0 Å². The molecule has 0 amide bonds. The number of halogens is 1. The maximum absolute atomic E-state index is 12.4. The summed E-state index contributed by atoms with van der Waals surface area (Å²) in [5.74, 6) is 0.372. The number of esters is 1. The second-order valence-electron chi connectivity index (χ2n) is 5.70. The van der Waals surface area contributed by atoms with E-state index < -0.39 is 5.97 Å². The van der Waals surface area contributed by atoms with Crippen molar-refractivity contribution >= 4 is 44.6 Å². The molecule has 0 aliphatic carbocycles. The molecule has 2 aromatic carbocycles. The SMILES string of the molecule is CCOc1cc(/C=N\Nc2nc(C)cs2)ccc1OC(=O)c1cccc(Br)c1. The summed E-state index contributed by atoms with van der Waals surface area (Å²) < 4.78 is 12.0. The van der Waals surface area contributed by atoms with Gasteiger partial charge >= 0.3 is 5.97 Å². The molecule has 1 aromatic heterocycles. The lowest BCUT2D eigenvalue weighted by Gasteiger charge is -2.11. The van der Waals surface area contributed by atoms with E-state index in [2.05, 4.69) is 31.4 Å². The number of hydrogen-bond donors (Lipinski definition) is 1. The van der Waals surface area contributed by atoms with Crippen molar-refractivity contribution in [3.05, 3.63) is 69.1 Å². The van der Waals surface area contributed by atoms with Crippen molar-refractivity contribution in [1.29, 1.82) is 0 Å². The van der Waals surface area contributed by atoms with Crippen LogP contribution in [0.5, 0.6) is 11.5 Å². The van der Waals surface area contributed by atoms with Crippen LogP contribution in [0.15, 0.2) is 57.4 Å². The largest absolute Gasteiger partial charge is 0.490 e. The first-order valence-corrected chi connectivity index (χ1v) is 10.2. The standard InChI is InChI=1S/C20H18BrN3O3S/c1-3-26-18-9-14(11-22-24-20-23-13(2)12-28-20)7-8-17(18)27-19(25)15-5-4-6-16(21)10-15/h4-12H,3H2,1-2H3,(H,23,24)/b22-11-. The smallest absolute Gasteiger partial charge is 0.343 e. The van der Waals surface area contributed by atoms with E-state index in [1.807, 2.05) is 25.3 Å². The van der Waals surface area contributed by atoms with Gasteiger partial charge in [-0.25, -0.2) is 9.78 Å². The number of aromatic nitrogens is 1. The van der Waals surface area contributed by atoms with Gasteiger partial charge in [0.15, 0.2) is 11.5 Å². The third kappa shape index (κ3) is 5.40. The summed E-state index contributed by atoms with van der Waals surface area (Å²) in [6.45, 7) is 4.24. The average molecular weight is 460 g/mol. The molecule has 3 aromatic rings. The Morgan fingerprint density at radius 3 is 2.86 bits per heavy atom. The summed E-state index contributed by atoms with van der Waals surface area (Å²) in [4.78, 5) is 16.7. The molecule has 6 nitrogen and oxygen atoms in total. The van der Waals surface area contributed by atoms with Gasteiger partial charge in [-0.1, -0.05) is 22.0 Å². The summed E-state index contributed by atoms with van der Waals surface area (Å²) in [6, 6.07) is 12.3. The predicted molar refractivity (Wildman–Crippen MR) is 115 cm³/mol. The molecule has 0 unspecified atom stereocenters. The Morgan fingerprint density at radius 1 is 1.29 bits per heavy atom. The highest BCUT2D eigenvalue weighted by atomic mass is 79.9. The van der Waals surface area contributed by atoms with E-state index in [0.717, 1.165) is 20.9 Å². The fraction of sp³-hybridized carbons (Fsp3) is 0.150. The van der Waals surface area contributed by atoms with Gasteiger partial charge in [-0.05, 0) is 55.8 Å². The van der Waals surface area contributed by atoms with Crippen LogP contribution in [0.1, 0.15) is 28.5 Å². The number of thiazole rings is 1. The normalized spacial score (nSPS) is 10.8. The van der Waals surface area contributed by atoms with Crippen molar-refractivity contribution in [2.75, 3.05) is 12.0 Å². The Morgan fingerprint density at radius 2 is 2.14 bits per heavy atom. The number of nitrogens with one attached hydrogen (secondary N) is 1. The summed E-state index contributed by atoms with van der Waals surface area (Å²) in [5, 5.41) is 6.84. The van der Waals surface area contributed by atoms with Crippen molar-refractivity contribution in [1.82, 2.24) is 4.98 Å². The fourth-order valence-corrected chi connectivity index (χ4v) is 3.34. The number of hydrazone groups is 1. The number of carbonyl (C=O) groups excluding carboxylic acids is 1. The first-order valence-electron chi connectivity index (χ1n) is 8.51. The molecule has 0 aliphatic heterocycles. The van der Waals surface area contributed by atoms with Crippen molar-refractivity contribution in [2.45, 2.75) is 13.8 Å². The molecule has 0 aliphatic rings. The van der Waals surface area contributed by atoms with Crippen molar-refractivity contribution in [3.8, 4) is 11.5 Å². The first kappa shape index (κ1) is 20.0. The topological polar surface area (TPSA) is 72.8 Å². The zero-order chi connectivity index (χ0) is 19.9. The number of nitrogens with zero attached hydrogens (tertiary/aromatic N) is 2. The van der Waals surface area contributed by atoms with Gasteiger partial charge in [0.1, 0.15) is 0 Å². The van der Waals surface area contributed by atoms with E-state index in [1.54, 1.807) is 42.6 Å². The quantitative estimate of drug-likeness (QED) is 0.225. The van der Waals surface area contributed by atoms with Crippen LogP contribution in [-0.4, -0.2) is 23.8 Å². The molecule has 0 saturated heterocycles. The van der Waals surface area contributed by atoms with Gasteiger partial charge in [0.2, 0.25) is 5.13 Å². The van der Waals surface area contributed by atoms with Crippen LogP contribution in [0, 0.1) is 6.92 Å². The second-order valence-corrected chi connectivity index (χ2v) is 7.48. The minimum absolute atomic E-state index is 0.354. The number of aryl methyl sites for hydroxylation is 1. The van der Waals surface area contributed by atoms with Gasteiger partial charge in [0, 0.05) is 9.85 Å². The van der Waals surface area contributed by atoms with Crippen LogP contribution >= 0.6 is 27.3 Å². The van der Waals surface area contributed by atoms with E-state index in [0.29, 0.717) is 23.7 Å². The van der Waals surface area contributed by atoms with Crippen LogP contribution < -0.4 is 14.9 Å². The van der Waals surface area contributed by atoms with E-state index in [9.17, 15) is 4.79 Å². The summed E-state index contributed by atoms with van der Waals surface area (Å²) >= 11 is 4.83. The fourth-order valence-electron chi connectivity index (χ4n) is 2.30. The lowest BCUT2D eigenvalue weighted by molar-refractivity contribution is 0.0728. The molecule has 0 fully saturated rings. The Hall–Kier alpha value is -2.71. The summed E-state index contributed by atoms with van der Waals surface area (Å²) in [6.07, 6.45) is 1.65. The summed E-state index contributed by atoms with van der Waals surface area (Å²) in [5.41, 5.74) is 5.07. The van der Waals surface area contributed by atoms with E-state index in [-0.39, 0.29) is 0 Å². The highest BCUT2D eigenvalue weighted by molar-refractivity contribution is 9.10. The maximum atomic E-state index is 12.4. The third-order valence-electron chi connectivity index (χ3n) is 3.52. The van der Waals surface area contributed by atoms with Crippen molar-refractivity contribution in [2.24, 2.45) is 5.10 Å². The molecular formula is C20H18BrN3O3S. The van der Waals surface area contributed by atoms with Gasteiger partial charge in [-0.2, -0.15) is 5.10 Å². The third-order valence-corrected chi connectivity index (χ3v) is 4.88. The molecule has 28 heavy (non-hydrogen) atoms. The lowest BCUT2D eigenvalue weighted by Crippen LogP contribution is -2.09. The lowest BCUT2D eigenvalue weighted by atomic mass is 10.2. The highest BCUT2D eigenvalue weighted by Gasteiger charge is 2.13. The minimum Gasteiger partial charge on any atom is -0.490 e. The number of anilines is 1. The number of hydrogen-bond acceptors (Lipinski definition) is 7. The number of carbonyl (C=O) groups is 1. The maximum Gasteiger partial charge on any atom is 0.343 e. The molecule has 3 rings (SSSR count). The average Bonchev–Trinajstić information content (AvgIpc) is 3.09. The van der Waals surface area contributed by atoms with Crippen molar-refractivity contribution in [3.63, 3.8) is 0 Å². The highest BCUT2D eigenvalue weighted by Crippen LogP contribution is 2.29. The van der Waals surface area contributed by atoms with Crippen LogP contribution in [0.2, 0.25) is 0 Å². The van der Waals surface area contributed by atoms with Crippen LogP contribution in [0.4, 0.5) is 5.13 Å². The van der Waals surface area contributed by atoms with Crippen LogP contribution in [0.25, 0.3) is 0 Å². The molecule has 0 bridgehead atoms. The Balaban J connectivity index is 1.74. The van der Waals surface area contributed by atoms with Gasteiger partial charge < -0.3 is 9.47 Å². The van der Waals surface area contributed by atoms with Crippen LogP contribution in [0.3, 0.4) is 0 Å². The minimum atomic E-state index is -0.454. The first-order chi connectivity index (χ1) is 13.5. The Kier molecular flexibility index (Phi) is 6.78. The molecule has 0 radical (unpaired) electrons. The second kappa shape index (κ2) is 9.48. The zero-order valence-electron chi connectivity index (χ0n) is 15.3. The van der Waals surface area contributed by atoms with E-state index in [4.69, 9.17) is 9.47 Å². The molecular weight excluding hydrogens is 442 g/mol. The van der Waals surface area contributed by atoms with Crippen molar-refractivity contribution < 1.29 is 14.3 Å². The van der Waals surface area contributed by atoms with Gasteiger partial charge in [-0.15, -0.1) is 11.3 Å².